The first-order valence-corrected chi connectivity index (χ1v) is 9.45. The number of hydrogen-bond acceptors (Lipinski definition) is 4. The molecule has 2 aromatic heterocycles. The number of ether oxygens (including phenoxy) is 1. The van der Waals surface area contributed by atoms with Gasteiger partial charge in [0.25, 0.3) is 0 Å². The summed E-state index contributed by atoms with van der Waals surface area (Å²) in [4.78, 5) is 4.30. The first-order valence-electron chi connectivity index (χ1n) is 7.80. The van der Waals surface area contributed by atoms with Gasteiger partial charge in [-0.15, -0.1) is 0 Å². The Labute approximate surface area is 145 Å². The van der Waals surface area contributed by atoms with E-state index in [1.54, 1.807) is 6.20 Å². The summed E-state index contributed by atoms with van der Waals surface area (Å²) in [6.07, 6.45) is 4.12. The topological polar surface area (TPSA) is 72.7 Å². The Morgan fingerprint density at radius 1 is 1.16 bits per heavy atom. The lowest BCUT2D eigenvalue weighted by molar-refractivity contribution is 0.339. The molecule has 0 aliphatic rings. The largest absolute Gasteiger partial charge is 0.492 e. The van der Waals surface area contributed by atoms with Crippen LogP contribution in [-0.4, -0.2) is 36.7 Å². The summed E-state index contributed by atoms with van der Waals surface area (Å²) >= 11 is 0. The second kappa shape index (κ2) is 7.62. The van der Waals surface area contributed by atoms with E-state index in [0.29, 0.717) is 12.2 Å². The van der Waals surface area contributed by atoms with Crippen LogP contribution in [0.15, 0.2) is 54.9 Å². The van der Waals surface area contributed by atoms with E-state index in [2.05, 4.69) is 9.71 Å². The Hall–Kier alpha value is -2.45. The summed E-state index contributed by atoms with van der Waals surface area (Å²) in [7, 11) is -3.45. The maximum Gasteiger partial charge on any atom is 0.214 e. The molecular weight excluding hydrogens is 345 g/mol. The van der Waals surface area contributed by atoms with Crippen molar-refractivity contribution in [2.24, 2.45) is 0 Å². The fraction of sp³-hybridized carbons (Fsp3) is 0.235. The van der Waals surface area contributed by atoms with Crippen LogP contribution in [-0.2, 0) is 16.4 Å². The average molecular weight is 363 g/mol. The Kier molecular flexibility index (Phi) is 5.30. The zero-order valence-corrected chi connectivity index (χ0v) is 14.2. The molecule has 1 N–H and O–H groups in total. The molecule has 1 aromatic carbocycles. The van der Waals surface area contributed by atoms with Crippen LogP contribution in [0.5, 0.6) is 5.75 Å². The first-order chi connectivity index (χ1) is 12.0. The number of nitrogens with one attached hydrogen (secondary N) is 1. The molecule has 8 heteroatoms. The van der Waals surface area contributed by atoms with E-state index in [0.717, 1.165) is 11.3 Å². The number of nitrogens with zero attached hydrogens (tertiary/aromatic N) is 2. The lowest BCUT2D eigenvalue weighted by Gasteiger charge is -2.08. The average Bonchev–Trinajstić information content (AvgIpc) is 3.00. The Morgan fingerprint density at radius 2 is 1.96 bits per heavy atom. The summed E-state index contributed by atoms with van der Waals surface area (Å²) < 4.78 is 46.5. The van der Waals surface area contributed by atoms with Gasteiger partial charge in [-0.1, -0.05) is 6.07 Å². The molecule has 0 atom stereocenters. The minimum atomic E-state index is -3.45. The van der Waals surface area contributed by atoms with E-state index in [9.17, 15) is 12.8 Å². The molecule has 0 spiro atoms. The van der Waals surface area contributed by atoms with Gasteiger partial charge in [0.05, 0.1) is 17.5 Å². The number of pyridine rings is 1. The maximum atomic E-state index is 12.8. The summed E-state index contributed by atoms with van der Waals surface area (Å²) in [5, 5.41) is 0. The number of imidazole rings is 1. The quantitative estimate of drug-likeness (QED) is 0.665. The van der Waals surface area contributed by atoms with Gasteiger partial charge in [-0.25, -0.2) is 22.5 Å². The van der Waals surface area contributed by atoms with Gasteiger partial charge in [0.15, 0.2) is 0 Å². The lowest BCUT2D eigenvalue weighted by atomic mass is 10.3. The minimum absolute atomic E-state index is 0.00667. The predicted octanol–water partition coefficient (Wildman–Crippen LogP) is 2.01. The third kappa shape index (κ3) is 4.77. The molecule has 25 heavy (non-hydrogen) atoms. The first kappa shape index (κ1) is 17.4. The van der Waals surface area contributed by atoms with Crippen molar-refractivity contribution in [1.82, 2.24) is 14.1 Å². The van der Waals surface area contributed by atoms with Gasteiger partial charge in [0.1, 0.15) is 24.0 Å². The zero-order valence-electron chi connectivity index (χ0n) is 13.4. The standard InChI is InChI=1S/C17H18FN3O3S/c18-14-4-6-16(7-5-14)24-11-12-25(22,23)20-9-8-17-19-13-15-3-1-2-10-21(15)17/h1-7,10,13,20H,8-9,11-12H2. The fourth-order valence-corrected chi connectivity index (χ4v) is 3.24. The van der Waals surface area contributed by atoms with E-state index >= 15 is 0 Å². The van der Waals surface area contributed by atoms with Crippen LogP contribution < -0.4 is 9.46 Å². The minimum Gasteiger partial charge on any atom is -0.492 e. The normalized spacial score (nSPS) is 11.7. The molecule has 2 heterocycles. The molecule has 0 bridgehead atoms. The third-order valence-corrected chi connectivity index (χ3v) is 4.97. The molecule has 132 valence electrons. The highest BCUT2D eigenvalue weighted by atomic mass is 32.2. The van der Waals surface area contributed by atoms with Gasteiger partial charge in [-0.2, -0.15) is 0 Å². The highest BCUT2D eigenvalue weighted by molar-refractivity contribution is 7.89. The van der Waals surface area contributed by atoms with Crippen molar-refractivity contribution in [1.29, 1.82) is 0 Å². The number of sulfonamides is 1. The van der Waals surface area contributed by atoms with Crippen LogP contribution in [0.3, 0.4) is 0 Å². The summed E-state index contributed by atoms with van der Waals surface area (Å²) in [6.45, 7) is 0.250. The highest BCUT2D eigenvalue weighted by Gasteiger charge is 2.11. The van der Waals surface area contributed by atoms with E-state index in [-0.39, 0.29) is 24.7 Å². The second-order valence-corrected chi connectivity index (χ2v) is 7.36. The molecule has 6 nitrogen and oxygen atoms in total. The third-order valence-electron chi connectivity index (χ3n) is 3.62. The lowest BCUT2D eigenvalue weighted by Crippen LogP contribution is -2.31. The van der Waals surface area contributed by atoms with Gasteiger partial charge in [-0.3, -0.25) is 0 Å². The van der Waals surface area contributed by atoms with Crippen LogP contribution in [0.2, 0.25) is 0 Å². The second-order valence-electron chi connectivity index (χ2n) is 5.44. The molecule has 0 unspecified atom stereocenters. The van der Waals surface area contributed by atoms with Gasteiger partial charge in [0.2, 0.25) is 10.0 Å². The van der Waals surface area contributed by atoms with Crippen LogP contribution >= 0.6 is 0 Å². The highest BCUT2D eigenvalue weighted by Crippen LogP contribution is 2.11. The summed E-state index contributed by atoms with van der Waals surface area (Å²) in [5.74, 6) is 0.682. The number of benzene rings is 1. The van der Waals surface area contributed by atoms with Crippen LogP contribution in [0.4, 0.5) is 4.39 Å². The predicted molar refractivity (Wildman–Crippen MR) is 92.6 cm³/mol. The van der Waals surface area contributed by atoms with Crippen molar-refractivity contribution in [3.63, 3.8) is 0 Å². The van der Waals surface area contributed by atoms with E-state index < -0.39 is 10.0 Å². The number of aromatic nitrogens is 2. The summed E-state index contributed by atoms with van der Waals surface area (Å²) in [6, 6.07) is 11.2. The molecule has 0 aliphatic carbocycles. The Balaban J connectivity index is 1.46. The molecule has 0 amide bonds. The number of halogens is 1. The smallest absolute Gasteiger partial charge is 0.214 e. The van der Waals surface area contributed by atoms with Crippen molar-refractivity contribution < 1.29 is 17.5 Å². The number of rotatable bonds is 8. The molecule has 0 aliphatic heterocycles. The molecular formula is C17H18FN3O3S. The molecule has 0 radical (unpaired) electrons. The van der Waals surface area contributed by atoms with E-state index in [1.165, 1.54) is 24.3 Å². The SMILES string of the molecule is O=S(=O)(CCOc1ccc(F)cc1)NCCc1ncc2ccccn12. The molecule has 3 aromatic rings. The molecule has 3 rings (SSSR count). The van der Waals surface area contributed by atoms with E-state index in [4.69, 9.17) is 4.74 Å². The van der Waals surface area contributed by atoms with Crippen molar-refractivity contribution >= 4 is 15.5 Å². The van der Waals surface area contributed by atoms with Crippen LogP contribution in [0, 0.1) is 5.82 Å². The van der Waals surface area contributed by atoms with Gasteiger partial charge >= 0.3 is 0 Å². The maximum absolute atomic E-state index is 12.8. The molecule has 0 fully saturated rings. The van der Waals surface area contributed by atoms with Gasteiger partial charge < -0.3 is 9.14 Å². The van der Waals surface area contributed by atoms with Gasteiger partial charge in [-0.05, 0) is 36.4 Å². The number of fused-ring (bicyclic) bond motifs is 1. The summed E-state index contributed by atoms with van der Waals surface area (Å²) in [5.41, 5.74) is 0.966. The Morgan fingerprint density at radius 3 is 2.76 bits per heavy atom. The zero-order chi connectivity index (χ0) is 17.7. The van der Waals surface area contributed by atoms with Crippen molar-refractivity contribution in [2.45, 2.75) is 6.42 Å². The van der Waals surface area contributed by atoms with Crippen LogP contribution in [0.1, 0.15) is 5.82 Å². The van der Waals surface area contributed by atoms with Crippen molar-refractivity contribution in [3.05, 3.63) is 66.5 Å². The Bertz CT molecular complexity index is 939. The molecule has 0 saturated heterocycles. The molecule has 0 saturated carbocycles. The fourth-order valence-electron chi connectivity index (χ4n) is 2.37. The monoisotopic (exact) mass is 363 g/mol. The van der Waals surface area contributed by atoms with Crippen molar-refractivity contribution in [2.75, 3.05) is 18.9 Å². The van der Waals surface area contributed by atoms with Gasteiger partial charge in [0, 0.05) is 19.2 Å². The van der Waals surface area contributed by atoms with E-state index in [1.807, 2.05) is 28.8 Å². The van der Waals surface area contributed by atoms with Crippen molar-refractivity contribution in [3.8, 4) is 5.75 Å². The van der Waals surface area contributed by atoms with Crippen LogP contribution in [0.25, 0.3) is 5.52 Å². The number of hydrogen-bond donors (Lipinski definition) is 1.